The van der Waals surface area contributed by atoms with Gasteiger partial charge in [-0.25, -0.2) is 4.39 Å². The van der Waals surface area contributed by atoms with Gasteiger partial charge in [0.05, 0.1) is 5.88 Å². The second-order valence-corrected chi connectivity index (χ2v) is 2.75. The molecule has 1 aromatic carbocycles. The molecule has 0 heterocycles. The van der Waals surface area contributed by atoms with E-state index in [2.05, 4.69) is 0 Å². The zero-order valence-corrected chi connectivity index (χ0v) is 7.68. The van der Waals surface area contributed by atoms with Gasteiger partial charge >= 0.3 is 0 Å². The number of alkyl halides is 1. The van der Waals surface area contributed by atoms with Crippen molar-refractivity contribution >= 4 is 17.4 Å². The number of nitrogens with zero attached hydrogens (tertiary/aromatic N) is 1. The van der Waals surface area contributed by atoms with Gasteiger partial charge in [-0.2, -0.15) is 5.26 Å². The molecule has 5 heteroatoms. The van der Waals surface area contributed by atoms with Gasteiger partial charge in [0.25, 0.3) is 0 Å². The van der Waals surface area contributed by atoms with Crippen molar-refractivity contribution in [3.05, 3.63) is 29.1 Å². The number of ketones is 1. The average Bonchev–Trinajstić information content (AvgIpc) is 2.20. The number of carbonyl (C=O) groups excluding carboxylic acids is 1. The molecular formula is C9H5ClFNO2. The Labute approximate surface area is 84.3 Å². The van der Waals surface area contributed by atoms with Crippen LogP contribution in [-0.4, -0.2) is 16.8 Å². The Hall–Kier alpha value is -1.60. The van der Waals surface area contributed by atoms with Gasteiger partial charge in [-0.05, 0) is 12.1 Å². The predicted octanol–water partition coefficient (Wildman–Crippen LogP) is 1.82. The summed E-state index contributed by atoms with van der Waals surface area (Å²) in [4.78, 5) is 11.1. The zero-order valence-electron chi connectivity index (χ0n) is 6.92. The Bertz CT molecular complexity index is 426. The molecule has 0 saturated carbocycles. The first kappa shape index (κ1) is 10.5. The molecule has 0 aliphatic rings. The molecule has 0 aliphatic carbocycles. The lowest BCUT2D eigenvalue weighted by Crippen LogP contribution is -2.04. The molecule has 0 amide bonds. The quantitative estimate of drug-likeness (QED) is 0.602. The van der Waals surface area contributed by atoms with Crippen molar-refractivity contribution < 1.29 is 14.3 Å². The Kier molecular flexibility index (Phi) is 3.05. The summed E-state index contributed by atoms with van der Waals surface area (Å²) in [6.45, 7) is 0. The van der Waals surface area contributed by atoms with Crippen molar-refractivity contribution in [1.82, 2.24) is 0 Å². The molecule has 0 unspecified atom stereocenters. The number of hydrogen-bond acceptors (Lipinski definition) is 3. The van der Waals surface area contributed by atoms with E-state index in [0.29, 0.717) is 0 Å². The summed E-state index contributed by atoms with van der Waals surface area (Å²) in [5.74, 6) is -2.60. The predicted molar refractivity (Wildman–Crippen MR) is 47.8 cm³/mol. The molecule has 0 radical (unpaired) electrons. The minimum atomic E-state index is -0.937. The van der Waals surface area contributed by atoms with Crippen molar-refractivity contribution in [2.75, 3.05) is 5.88 Å². The number of hydrogen-bond donors (Lipinski definition) is 1. The largest absolute Gasteiger partial charge is 0.504 e. The fraction of sp³-hybridized carbons (Fsp3) is 0.111. The molecular weight excluding hydrogens is 209 g/mol. The van der Waals surface area contributed by atoms with E-state index < -0.39 is 17.3 Å². The van der Waals surface area contributed by atoms with E-state index in [0.717, 1.165) is 12.1 Å². The topological polar surface area (TPSA) is 61.1 Å². The fourth-order valence-corrected chi connectivity index (χ4v) is 1.13. The monoisotopic (exact) mass is 213 g/mol. The Morgan fingerprint density at radius 2 is 2.29 bits per heavy atom. The third-order valence-corrected chi connectivity index (χ3v) is 1.91. The van der Waals surface area contributed by atoms with Crippen LogP contribution in [-0.2, 0) is 0 Å². The smallest absolute Gasteiger partial charge is 0.179 e. The van der Waals surface area contributed by atoms with E-state index in [1.54, 1.807) is 6.07 Å². The molecule has 1 aromatic rings. The van der Waals surface area contributed by atoms with Gasteiger partial charge in [0, 0.05) is 5.56 Å². The van der Waals surface area contributed by atoms with Gasteiger partial charge < -0.3 is 5.11 Å². The van der Waals surface area contributed by atoms with Gasteiger partial charge in [0.15, 0.2) is 17.3 Å². The van der Waals surface area contributed by atoms with E-state index in [9.17, 15) is 9.18 Å². The van der Waals surface area contributed by atoms with Crippen LogP contribution in [0.1, 0.15) is 15.9 Å². The van der Waals surface area contributed by atoms with Crippen molar-refractivity contribution in [2.24, 2.45) is 0 Å². The van der Waals surface area contributed by atoms with Crippen LogP contribution >= 0.6 is 11.6 Å². The lowest BCUT2D eigenvalue weighted by Gasteiger charge is -2.03. The molecule has 0 atom stereocenters. The van der Waals surface area contributed by atoms with E-state index in [1.807, 2.05) is 0 Å². The van der Waals surface area contributed by atoms with E-state index >= 15 is 0 Å². The van der Waals surface area contributed by atoms with Crippen LogP contribution in [0.5, 0.6) is 5.75 Å². The maximum atomic E-state index is 12.8. The number of carbonyl (C=O) groups is 1. The first-order valence-corrected chi connectivity index (χ1v) is 4.16. The van der Waals surface area contributed by atoms with Crippen molar-refractivity contribution in [2.45, 2.75) is 0 Å². The fourth-order valence-electron chi connectivity index (χ4n) is 0.983. The lowest BCUT2D eigenvalue weighted by molar-refractivity contribution is 0.102. The van der Waals surface area contributed by atoms with E-state index in [1.165, 1.54) is 0 Å². The number of rotatable bonds is 2. The van der Waals surface area contributed by atoms with E-state index in [-0.39, 0.29) is 17.0 Å². The molecule has 3 nitrogen and oxygen atoms in total. The summed E-state index contributed by atoms with van der Waals surface area (Å²) >= 11 is 5.27. The van der Waals surface area contributed by atoms with Gasteiger partial charge in [-0.3, -0.25) is 4.79 Å². The highest BCUT2D eigenvalue weighted by Gasteiger charge is 2.16. The van der Waals surface area contributed by atoms with Crippen molar-refractivity contribution in [1.29, 1.82) is 5.26 Å². The number of phenolic OH excluding ortho intramolecular Hbond substituents is 1. The number of aromatic hydroxyl groups is 1. The molecule has 1 N–H and O–H groups in total. The molecule has 0 aromatic heterocycles. The first-order valence-electron chi connectivity index (χ1n) is 3.62. The molecule has 0 fully saturated rings. The molecule has 0 aliphatic heterocycles. The summed E-state index contributed by atoms with van der Waals surface area (Å²) in [6, 6.07) is 3.59. The summed E-state index contributed by atoms with van der Waals surface area (Å²) in [7, 11) is 0. The summed E-state index contributed by atoms with van der Waals surface area (Å²) in [6.07, 6.45) is 0. The normalized spacial score (nSPS) is 9.50. The summed E-state index contributed by atoms with van der Waals surface area (Å²) in [5, 5.41) is 17.7. The minimum Gasteiger partial charge on any atom is -0.504 e. The number of Topliss-reactive ketones (excluding diaryl/α,β-unsaturated/α-hetero) is 1. The molecule has 1 rings (SSSR count). The molecule has 0 spiro atoms. The van der Waals surface area contributed by atoms with Gasteiger partial charge in [0.2, 0.25) is 0 Å². The zero-order chi connectivity index (χ0) is 10.7. The summed E-state index contributed by atoms with van der Waals surface area (Å²) < 4.78 is 12.8. The highest BCUT2D eigenvalue weighted by atomic mass is 35.5. The standard InChI is InChI=1S/C9H5ClFNO2/c10-3-8(13)5-1-2-7(11)9(14)6(5)4-12/h1-2,14H,3H2. The lowest BCUT2D eigenvalue weighted by atomic mass is 10.0. The van der Waals surface area contributed by atoms with Crippen LogP contribution in [0.15, 0.2) is 12.1 Å². The van der Waals surface area contributed by atoms with Crippen LogP contribution in [0, 0.1) is 17.1 Å². The van der Waals surface area contributed by atoms with E-state index in [4.69, 9.17) is 22.0 Å². The second kappa shape index (κ2) is 4.07. The van der Waals surface area contributed by atoms with Crippen LogP contribution in [0.3, 0.4) is 0 Å². The van der Waals surface area contributed by atoms with Crippen molar-refractivity contribution in [3.8, 4) is 11.8 Å². The highest BCUT2D eigenvalue weighted by Crippen LogP contribution is 2.24. The Balaban J connectivity index is 3.40. The third-order valence-electron chi connectivity index (χ3n) is 1.66. The number of benzene rings is 1. The number of nitriles is 1. The molecule has 14 heavy (non-hydrogen) atoms. The van der Waals surface area contributed by atoms with Crippen LogP contribution in [0.4, 0.5) is 4.39 Å². The van der Waals surface area contributed by atoms with Gasteiger partial charge in [-0.1, -0.05) is 0 Å². The molecule has 0 bridgehead atoms. The van der Waals surface area contributed by atoms with Crippen LogP contribution in [0.25, 0.3) is 0 Å². The van der Waals surface area contributed by atoms with Gasteiger partial charge in [0.1, 0.15) is 11.6 Å². The highest BCUT2D eigenvalue weighted by molar-refractivity contribution is 6.30. The number of halogens is 2. The Morgan fingerprint density at radius 3 is 2.79 bits per heavy atom. The maximum Gasteiger partial charge on any atom is 0.179 e. The molecule has 72 valence electrons. The maximum absolute atomic E-state index is 12.8. The van der Waals surface area contributed by atoms with Gasteiger partial charge in [-0.15, -0.1) is 11.6 Å². The van der Waals surface area contributed by atoms with Crippen LogP contribution in [0.2, 0.25) is 0 Å². The number of phenols is 1. The summed E-state index contributed by atoms with van der Waals surface area (Å²) in [5.41, 5.74) is -0.447. The first-order chi connectivity index (χ1) is 6.61. The Morgan fingerprint density at radius 1 is 1.64 bits per heavy atom. The SMILES string of the molecule is N#Cc1c(C(=O)CCl)ccc(F)c1O. The van der Waals surface area contributed by atoms with Crippen molar-refractivity contribution in [3.63, 3.8) is 0 Å². The van der Waals surface area contributed by atoms with Crippen LogP contribution < -0.4 is 0 Å². The molecule has 0 saturated heterocycles. The second-order valence-electron chi connectivity index (χ2n) is 2.49. The minimum absolute atomic E-state index is 0.0681. The average molecular weight is 214 g/mol. The third kappa shape index (κ3) is 1.68.